The van der Waals surface area contributed by atoms with E-state index < -0.39 is 0 Å². The van der Waals surface area contributed by atoms with Crippen molar-refractivity contribution < 1.29 is 0 Å². The minimum Gasteiger partial charge on any atom is -0.315 e. The smallest absolute Gasteiger partial charge is 0.0271 e. The van der Waals surface area contributed by atoms with Gasteiger partial charge in [0.05, 0.1) is 0 Å². The van der Waals surface area contributed by atoms with Crippen LogP contribution in [0.15, 0.2) is 0 Å². The molecule has 0 aromatic heterocycles. The standard InChI is InChI=1S/C14H30N2/c1-11(2)8-10-16(6)12-7-9-14(3,4)13(12)15-5/h11-13,15H,7-10H2,1-6H3. The molecule has 2 heteroatoms. The van der Waals surface area contributed by atoms with E-state index >= 15 is 0 Å². The Morgan fingerprint density at radius 3 is 2.50 bits per heavy atom. The first-order valence-electron chi connectivity index (χ1n) is 6.76. The first-order chi connectivity index (χ1) is 7.38. The molecule has 1 saturated carbocycles. The Bertz CT molecular complexity index is 211. The Hall–Kier alpha value is -0.0800. The summed E-state index contributed by atoms with van der Waals surface area (Å²) in [6.45, 7) is 10.6. The van der Waals surface area contributed by atoms with Gasteiger partial charge in [0.1, 0.15) is 0 Å². The summed E-state index contributed by atoms with van der Waals surface area (Å²) in [5.74, 6) is 0.810. The molecule has 1 fully saturated rings. The second kappa shape index (κ2) is 5.50. The molecule has 16 heavy (non-hydrogen) atoms. The summed E-state index contributed by atoms with van der Waals surface area (Å²) in [5, 5.41) is 3.53. The summed E-state index contributed by atoms with van der Waals surface area (Å²) >= 11 is 0. The zero-order valence-corrected chi connectivity index (χ0v) is 12.0. The summed E-state index contributed by atoms with van der Waals surface area (Å²) < 4.78 is 0. The maximum atomic E-state index is 3.53. The lowest BCUT2D eigenvalue weighted by Crippen LogP contribution is -2.49. The number of nitrogens with zero attached hydrogens (tertiary/aromatic N) is 1. The second-order valence-electron chi connectivity index (χ2n) is 6.52. The van der Waals surface area contributed by atoms with Crippen molar-refractivity contribution in [3.63, 3.8) is 0 Å². The molecule has 2 atom stereocenters. The van der Waals surface area contributed by atoms with Crippen LogP contribution in [0.4, 0.5) is 0 Å². The van der Waals surface area contributed by atoms with E-state index in [1.54, 1.807) is 0 Å². The normalized spacial score (nSPS) is 29.2. The quantitative estimate of drug-likeness (QED) is 0.775. The summed E-state index contributed by atoms with van der Waals surface area (Å²) in [4.78, 5) is 2.57. The van der Waals surface area contributed by atoms with Crippen LogP contribution in [0.3, 0.4) is 0 Å². The SMILES string of the molecule is CNC1C(N(C)CCC(C)C)CCC1(C)C. The van der Waals surface area contributed by atoms with Crippen molar-refractivity contribution in [3.8, 4) is 0 Å². The van der Waals surface area contributed by atoms with Crippen molar-refractivity contribution in [2.45, 2.75) is 59.0 Å². The van der Waals surface area contributed by atoms with Crippen molar-refractivity contribution in [2.75, 3.05) is 20.6 Å². The van der Waals surface area contributed by atoms with Crippen molar-refractivity contribution >= 4 is 0 Å². The lowest BCUT2D eigenvalue weighted by molar-refractivity contribution is 0.171. The molecule has 2 unspecified atom stereocenters. The molecule has 96 valence electrons. The van der Waals surface area contributed by atoms with Gasteiger partial charge in [-0.25, -0.2) is 0 Å². The van der Waals surface area contributed by atoms with Gasteiger partial charge in [-0.2, -0.15) is 0 Å². The van der Waals surface area contributed by atoms with E-state index in [-0.39, 0.29) is 0 Å². The van der Waals surface area contributed by atoms with E-state index in [1.165, 1.54) is 25.8 Å². The number of hydrogen-bond donors (Lipinski definition) is 1. The van der Waals surface area contributed by atoms with E-state index in [9.17, 15) is 0 Å². The monoisotopic (exact) mass is 226 g/mol. The number of likely N-dealkylation sites (N-methyl/N-ethyl adjacent to an activating group) is 2. The molecule has 1 aliphatic carbocycles. The zero-order chi connectivity index (χ0) is 12.3. The fourth-order valence-electron chi connectivity index (χ4n) is 3.05. The van der Waals surface area contributed by atoms with Crippen LogP contribution in [0.25, 0.3) is 0 Å². The molecule has 0 aliphatic heterocycles. The average molecular weight is 226 g/mol. The maximum Gasteiger partial charge on any atom is 0.0271 e. The van der Waals surface area contributed by atoms with Gasteiger partial charge in [0.15, 0.2) is 0 Å². The van der Waals surface area contributed by atoms with Gasteiger partial charge >= 0.3 is 0 Å². The third-order valence-corrected chi connectivity index (χ3v) is 4.25. The summed E-state index contributed by atoms with van der Waals surface area (Å²) in [7, 11) is 4.40. The first kappa shape index (κ1) is 14.0. The minimum atomic E-state index is 0.450. The van der Waals surface area contributed by atoms with Crippen LogP contribution < -0.4 is 5.32 Å². The molecule has 0 spiro atoms. The Morgan fingerprint density at radius 1 is 1.38 bits per heavy atom. The highest BCUT2D eigenvalue weighted by molar-refractivity contribution is 4.99. The molecule has 2 nitrogen and oxygen atoms in total. The average Bonchev–Trinajstić information content (AvgIpc) is 2.49. The number of rotatable bonds is 5. The fraction of sp³-hybridized carbons (Fsp3) is 1.00. The molecule has 0 saturated heterocycles. The predicted molar refractivity (Wildman–Crippen MR) is 71.7 cm³/mol. The van der Waals surface area contributed by atoms with E-state index in [0.29, 0.717) is 11.5 Å². The van der Waals surface area contributed by atoms with Crippen LogP contribution in [-0.2, 0) is 0 Å². The molecule has 1 rings (SSSR count). The Morgan fingerprint density at radius 2 is 2.00 bits per heavy atom. The Balaban J connectivity index is 2.53. The van der Waals surface area contributed by atoms with Gasteiger partial charge < -0.3 is 10.2 Å². The molecule has 0 radical (unpaired) electrons. The fourth-order valence-corrected chi connectivity index (χ4v) is 3.05. The molecule has 1 N–H and O–H groups in total. The topological polar surface area (TPSA) is 15.3 Å². The minimum absolute atomic E-state index is 0.450. The molecule has 0 aromatic rings. The number of nitrogens with one attached hydrogen (secondary N) is 1. The molecule has 0 heterocycles. The lowest BCUT2D eigenvalue weighted by atomic mass is 9.86. The summed E-state index contributed by atoms with van der Waals surface area (Å²) in [6, 6.07) is 1.36. The third-order valence-electron chi connectivity index (χ3n) is 4.25. The lowest BCUT2D eigenvalue weighted by Gasteiger charge is -2.35. The molecule has 1 aliphatic rings. The van der Waals surface area contributed by atoms with Gasteiger partial charge in [-0.15, -0.1) is 0 Å². The maximum absolute atomic E-state index is 3.53. The number of hydrogen-bond acceptors (Lipinski definition) is 2. The first-order valence-corrected chi connectivity index (χ1v) is 6.76. The van der Waals surface area contributed by atoms with Gasteiger partial charge in [0, 0.05) is 12.1 Å². The Labute approximate surface area is 102 Å². The highest BCUT2D eigenvalue weighted by Crippen LogP contribution is 2.39. The highest BCUT2D eigenvalue weighted by Gasteiger charge is 2.42. The van der Waals surface area contributed by atoms with Crippen molar-refractivity contribution in [3.05, 3.63) is 0 Å². The Kier molecular flexibility index (Phi) is 4.81. The van der Waals surface area contributed by atoms with E-state index in [4.69, 9.17) is 0 Å². The second-order valence-corrected chi connectivity index (χ2v) is 6.52. The van der Waals surface area contributed by atoms with Gasteiger partial charge in [-0.3, -0.25) is 0 Å². The summed E-state index contributed by atoms with van der Waals surface area (Å²) in [5.41, 5.74) is 0.450. The van der Waals surface area contributed by atoms with Gasteiger partial charge in [-0.1, -0.05) is 27.7 Å². The van der Waals surface area contributed by atoms with Crippen molar-refractivity contribution in [1.82, 2.24) is 10.2 Å². The van der Waals surface area contributed by atoms with Crippen LogP contribution in [0.5, 0.6) is 0 Å². The highest BCUT2D eigenvalue weighted by atomic mass is 15.2. The largest absolute Gasteiger partial charge is 0.315 e. The van der Waals surface area contributed by atoms with E-state index in [1.807, 2.05) is 0 Å². The van der Waals surface area contributed by atoms with Crippen LogP contribution in [-0.4, -0.2) is 37.6 Å². The van der Waals surface area contributed by atoms with Crippen molar-refractivity contribution in [2.24, 2.45) is 11.3 Å². The summed E-state index contributed by atoms with van der Waals surface area (Å²) in [6.07, 6.45) is 3.99. The van der Waals surface area contributed by atoms with E-state index in [0.717, 1.165) is 12.0 Å². The van der Waals surface area contributed by atoms with Crippen LogP contribution >= 0.6 is 0 Å². The van der Waals surface area contributed by atoms with E-state index in [2.05, 4.69) is 52.0 Å². The molecule has 0 aromatic carbocycles. The van der Waals surface area contributed by atoms with Gasteiger partial charge in [0.2, 0.25) is 0 Å². The van der Waals surface area contributed by atoms with Crippen LogP contribution in [0.1, 0.15) is 47.0 Å². The van der Waals surface area contributed by atoms with Crippen LogP contribution in [0, 0.1) is 11.3 Å². The van der Waals surface area contributed by atoms with Crippen LogP contribution in [0.2, 0.25) is 0 Å². The van der Waals surface area contributed by atoms with Gasteiger partial charge in [-0.05, 0) is 51.2 Å². The van der Waals surface area contributed by atoms with Gasteiger partial charge in [0.25, 0.3) is 0 Å². The molecule has 0 bridgehead atoms. The third kappa shape index (κ3) is 3.21. The van der Waals surface area contributed by atoms with Crippen molar-refractivity contribution in [1.29, 1.82) is 0 Å². The molecular formula is C14H30N2. The molecular weight excluding hydrogens is 196 g/mol. The predicted octanol–water partition coefficient (Wildman–Crippen LogP) is 2.74. The molecule has 0 amide bonds. The zero-order valence-electron chi connectivity index (χ0n) is 12.0.